The van der Waals surface area contributed by atoms with Crippen molar-refractivity contribution in [1.82, 2.24) is 0 Å². The van der Waals surface area contributed by atoms with Gasteiger partial charge in [0.15, 0.2) is 0 Å². The number of aryl methyl sites for hydroxylation is 1. The fourth-order valence-corrected chi connectivity index (χ4v) is 2.47. The maximum Gasteiger partial charge on any atom is 0.259 e. The minimum Gasteiger partial charge on any atom is -0.494 e. The van der Waals surface area contributed by atoms with Crippen LogP contribution in [-0.4, -0.2) is 13.0 Å². The lowest BCUT2D eigenvalue weighted by Gasteiger charge is -2.13. The molecule has 6 heteroatoms. The Bertz CT molecular complexity index is 702. The molecule has 0 heterocycles. The first-order chi connectivity index (χ1) is 9.92. The van der Waals surface area contributed by atoms with E-state index in [0.29, 0.717) is 16.4 Å². The largest absolute Gasteiger partial charge is 0.494 e. The molecule has 0 saturated carbocycles. The Kier molecular flexibility index (Phi) is 4.60. The van der Waals surface area contributed by atoms with Crippen molar-refractivity contribution in [2.24, 2.45) is 0 Å². The molecule has 4 nitrogen and oxygen atoms in total. The quantitative estimate of drug-likeness (QED) is 0.834. The molecule has 0 fully saturated rings. The molecule has 0 spiro atoms. The van der Waals surface area contributed by atoms with E-state index in [1.165, 1.54) is 19.2 Å². The van der Waals surface area contributed by atoms with E-state index in [1.807, 2.05) is 13.0 Å². The number of hydrogen-bond acceptors (Lipinski definition) is 3. The highest BCUT2D eigenvalue weighted by Crippen LogP contribution is 2.33. The topological polar surface area (TPSA) is 64.3 Å². The molecular formula is C15H14Cl2N2O2. The van der Waals surface area contributed by atoms with Gasteiger partial charge < -0.3 is 15.8 Å². The molecule has 0 aliphatic heterocycles. The number of nitrogen functional groups attached to an aromatic ring is 1. The van der Waals surface area contributed by atoms with Gasteiger partial charge in [0, 0.05) is 16.4 Å². The molecule has 0 radical (unpaired) electrons. The number of benzene rings is 2. The lowest BCUT2D eigenvalue weighted by atomic mass is 10.1. The average molecular weight is 325 g/mol. The number of carbonyl (C=O) groups excluding carboxylic acids is 1. The van der Waals surface area contributed by atoms with E-state index >= 15 is 0 Å². The molecule has 1 amide bonds. The lowest BCUT2D eigenvalue weighted by Crippen LogP contribution is -2.14. The van der Waals surface area contributed by atoms with Gasteiger partial charge in [-0.15, -0.1) is 0 Å². The Morgan fingerprint density at radius 2 is 1.95 bits per heavy atom. The summed E-state index contributed by atoms with van der Waals surface area (Å²) in [5.74, 6) is -0.0925. The van der Waals surface area contributed by atoms with Gasteiger partial charge in [-0.1, -0.05) is 29.3 Å². The van der Waals surface area contributed by atoms with Gasteiger partial charge in [0.25, 0.3) is 5.91 Å². The lowest BCUT2D eigenvalue weighted by molar-refractivity contribution is 0.102. The number of nitrogens with one attached hydrogen (secondary N) is 1. The summed E-state index contributed by atoms with van der Waals surface area (Å²) in [6.45, 7) is 1.87. The van der Waals surface area contributed by atoms with Crippen LogP contribution in [0.5, 0.6) is 5.75 Å². The molecule has 0 unspecified atom stereocenters. The molecule has 0 saturated heterocycles. The fraction of sp³-hybridized carbons (Fsp3) is 0.133. The van der Waals surface area contributed by atoms with Crippen LogP contribution in [0, 0.1) is 6.92 Å². The summed E-state index contributed by atoms with van der Waals surface area (Å²) in [5.41, 5.74) is 8.07. The Balaban J connectivity index is 2.39. The summed E-state index contributed by atoms with van der Waals surface area (Å²) in [7, 11) is 1.44. The predicted octanol–water partition coefficient (Wildman–Crippen LogP) is 4.14. The van der Waals surface area contributed by atoms with Crippen LogP contribution < -0.4 is 15.8 Å². The minimum absolute atomic E-state index is 0.261. The molecule has 2 rings (SSSR count). The van der Waals surface area contributed by atoms with Gasteiger partial charge in [0.1, 0.15) is 5.75 Å². The Labute approximate surface area is 132 Å². The molecule has 21 heavy (non-hydrogen) atoms. The molecule has 0 atom stereocenters. The summed E-state index contributed by atoms with van der Waals surface area (Å²) >= 11 is 12.0. The number of nitrogens with two attached hydrogens (primary N) is 1. The van der Waals surface area contributed by atoms with Crippen molar-refractivity contribution in [2.45, 2.75) is 6.92 Å². The molecule has 2 aromatic carbocycles. The standard InChI is InChI=1S/C15H14Cl2N2O2/c1-8-3-4-10(18)7-13(8)19-15(20)11-5-9(16)6-12(17)14(11)21-2/h3-7H,18H2,1-2H3,(H,19,20). The molecule has 2 aromatic rings. The first-order valence-electron chi connectivity index (χ1n) is 6.13. The Morgan fingerprint density at radius 1 is 1.24 bits per heavy atom. The number of halogens is 2. The monoisotopic (exact) mass is 324 g/mol. The van der Waals surface area contributed by atoms with E-state index in [-0.39, 0.29) is 22.2 Å². The van der Waals surface area contributed by atoms with Crippen LogP contribution in [0.25, 0.3) is 0 Å². The molecule has 110 valence electrons. The number of ether oxygens (including phenoxy) is 1. The average Bonchev–Trinajstić information content (AvgIpc) is 2.42. The van der Waals surface area contributed by atoms with E-state index in [9.17, 15) is 4.79 Å². The Hall–Kier alpha value is -1.91. The summed E-state index contributed by atoms with van der Waals surface area (Å²) < 4.78 is 5.17. The number of anilines is 2. The predicted molar refractivity (Wildman–Crippen MR) is 86.6 cm³/mol. The van der Waals surface area contributed by atoms with Crippen molar-refractivity contribution in [3.63, 3.8) is 0 Å². The summed E-state index contributed by atoms with van der Waals surface area (Å²) in [6.07, 6.45) is 0. The number of carbonyl (C=O) groups is 1. The molecule has 3 N–H and O–H groups in total. The third-order valence-corrected chi connectivity index (χ3v) is 3.47. The van der Waals surface area contributed by atoms with Gasteiger partial charge >= 0.3 is 0 Å². The first kappa shape index (κ1) is 15.5. The second kappa shape index (κ2) is 6.24. The zero-order valence-electron chi connectivity index (χ0n) is 11.5. The SMILES string of the molecule is COc1c(Cl)cc(Cl)cc1C(=O)Nc1cc(N)ccc1C. The number of hydrogen-bond donors (Lipinski definition) is 2. The van der Waals surface area contributed by atoms with Gasteiger partial charge in [-0.25, -0.2) is 0 Å². The fourth-order valence-electron chi connectivity index (χ4n) is 1.90. The van der Waals surface area contributed by atoms with Gasteiger partial charge in [-0.05, 0) is 36.8 Å². The summed E-state index contributed by atoms with van der Waals surface area (Å²) in [5, 5.41) is 3.41. The van der Waals surface area contributed by atoms with Crippen LogP contribution >= 0.6 is 23.2 Å². The first-order valence-corrected chi connectivity index (χ1v) is 6.88. The molecule has 0 aliphatic carbocycles. The van der Waals surface area contributed by atoms with Crippen molar-refractivity contribution in [1.29, 1.82) is 0 Å². The van der Waals surface area contributed by atoms with Crippen LogP contribution in [0.15, 0.2) is 30.3 Å². The second-order valence-electron chi connectivity index (χ2n) is 4.50. The number of amides is 1. The molecule has 0 aromatic heterocycles. The van der Waals surface area contributed by atoms with Gasteiger partial charge in [0.05, 0.1) is 17.7 Å². The van der Waals surface area contributed by atoms with E-state index < -0.39 is 0 Å². The summed E-state index contributed by atoms with van der Waals surface area (Å²) in [4.78, 5) is 12.4. The van der Waals surface area contributed by atoms with Crippen LogP contribution in [-0.2, 0) is 0 Å². The van der Waals surface area contributed by atoms with Crippen molar-refractivity contribution in [3.05, 3.63) is 51.5 Å². The van der Waals surface area contributed by atoms with Crippen molar-refractivity contribution in [3.8, 4) is 5.75 Å². The van der Waals surface area contributed by atoms with Crippen molar-refractivity contribution < 1.29 is 9.53 Å². The van der Waals surface area contributed by atoms with E-state index in [0.717, 1.165) is 5.56 Å². The van der Waals surface area contributed by atoms with Gasteiger partial charge in [0.2, 0.25) is 0 Å². The zero-order valence-corrected chi connectivity index (χ0v) is 13.0. The molecule has 0 aliphatic rings. The zero-order chi connectivity index (χ0) is 15.6. The van der Waals surface area contributed by atoms with Crippen LogP contribution in [0.4, 0.5) is 11.4 Å². The minimum atomic E-state index is -0.370. The third kappa shape index (κ3) is 3.40. The molecular weight excluding hydrogens is 311 g/mol. The molecule has 0 bridgehead atoms. The second-order valence-corrected chi connectivity index (χ2v) is 5.34. The number of rotatable bonds is 3. The maximum absolute atomic E-state index is 12.4. The highest BCUT2D eigenvalue weighted by atomic mass is 35.5. The highest BCUT2D eigenvalue weighted by molar-refractivity contribution is 6.36. The van der Waals surface area contributed by atoms with Crippen LogP contribution in [0.1, 0.15) is 15.9 Å². The highest BCUT2D eigenvalue weighted by Gasteiger charge is 2.17. The van der Waals surface area contributed by atoms with Gasteiger partial charge in [-0.3, -0.25) is 4.79 Å². The van der Waals surface area contributed by atoms with E-state index in [2.05, 4.69) is 5.32 Å². The van der Waals surface area contributed by atoms with Crippen molar-refractivity contribution in [2.75, 3.05) is 18.2 Å². The number of methoxy groups -OCH3 is 1. The van der Waals surface area contributed by atoms with E-state index in [4.69, 9.17) is 33.7 Å². The Morgan fingerprint density at radius 3 is 2.62 bits per heavy atom. The van der Waals surface area contributed by atoms with Crippen LogP contribution in [0.2, 0.25) is 10.0 Å². The normalized spacial score (nSPS) is 10.3. The van der Waals surface area contributed by atoms with Crippen molar-refractivity contribution >= 4 is 40.5 Å². The van der Waals surface area contributed by atoms with Gasteiger partial charge in [-0.2, -0.15) is 0 Å². The maximum atomic E-state index is 12.4. The van der Waals surface area contributed by atoms with Crippen LogP contribution in [0.3, 0.4) is 0 Å². The third-order valence-electron chi connectivity index (χ3n) is 2.97. The smallest absolute Gasteiger partial charge is 0.259 e. The van der Waals surface area contributed by atoms with E-state index in [1.54, 1.807) is 12.1 Å². The summed E-state index contributed by atoms with van der Waals surface area (Å²) in [6, 6.07) is 8.30.